The van der Waals surface area contributed by atoms with Crippen LogP contribution in [0.15, 0.2) is 36.4 Å². The van der Waals surface area contributed by atoms with Gasteiger partial charge in [-0.05, 0) is 6.07 Å². The van der Waals surface area contributed by atoms with Crippen molar-refractivity contribution in [3.8, 4) is 11.5 Å². The predicted molar refractivity (Wildman–Crippen MR) is 82.5 cm³/mol. The van der Waals surface area contributed by atoms with Crippen LogP contribution in [-0.2, 0) is 4.74 Å². The minimum atomic E-state index is -0.962. The molecule has 0 unspecified atom stereocenters. The molecule has 2 rings (SSSR count). The van der Waals surface area contributed by atoms with Crippen molar-refractivity contribution in [1.29, 1.82) is 0 Å². The zero-order valence-corrected chi connectivity index (χ0v) is 12.8. The molecule has 0 saturated heterocycles. The lowest BCUT2D eigenvalue weighted by Gasteiger charge is -2.12. The molecule has 8 heteroatoms. The van der Waals surface area contributed by atoms with Gasteiger partial charge in [-0.25, -0.2) is 4.79 Å². The van der Waals surface area contributed by atoms with E-state index in [0.29, 0.717) is 0 Å². The molecule has 8 nitrogen and oxygen atoms in total. The molecular formula is C16H13NO7. The van der Waals surface area contributed by atoms with Crippen molar-refractivity contribution in [3.63, 3.8) is 0 Å². The van der Waals surface area contributed by atoms with Gasteiger partial charge < -0.3 is 14.6 Å². The molecule has 0 amide bonds. The summed E-state index contributed by atoms with van der Waals surface area (Å²) in [6.45, 7) is 0. The highest BCUT2D eigenvalue weighted by Crippen LogP contribution is 2.41. The lowest BCUT2D eigenvalue weighted by atomic mass is 9.95. The maximum atomic E-state index is 12.7. The quantitative estimate of drug-likeness (QED) is 0.387. The monoisotopic (exact) mass is 331 g/mol. The Labute approximate surface area is 136 Å². The average Bonchev–Trinajstić information content (AvgIpc) is 2.60. The third-order valence-corrected chi connectivity index (χ3v) is 3.31. The number of nitro groups is 1. The second-order valence-electron chi connectivity index (χ2n) is 4.64. The molecule has 124 valence electrons. The van der Waals surface area contributed by atoms with Gasteiger partial charge in [-0.2, -0.15) is 0 Å². The number of nitrogens with zero attached hydrogens (tertiary/aromatic N) is 1. The molecule has 0 bridgehead atoms. The molecule has 0 atom stereocenters. The van der Waals surface area contributed by atoms with Gasteiger partial charge in [0.05, 0.1) is 24.7 Å². The summed E-state index contributed by atoms with van der Waals surface area (Å²) in [5.74, 6) is -2.91. The summed E-state index contributed by atoms with van der Waals surface area (Å²) in [5.41, 5.74) is -1.72. The van der Waals surface area contributed by atoms with Gasteiger partial charge in [0.2, 0.25) is 11.5 Å². The Hall–Kier alpha value is -3.42. The number of rotatable bonds is 5. The van der Waals surface area contributed by atoms with E-state index in [1.165, 1.54) is 19.2 Å². The maximum Gasteiger partial charge on any atom is 0.339 e. The summed E-state index contributed by atoms with van der Waals surface area (Å²) in [6, 6.07) is 8.71. The minimum Gasteiger partial charge on any atom is -0.499 e. The van der Waals surface area contributed by atoms with E-state index < -0.39 is 33.7 Å². The van der Waals surface area contributed by atoms with Gasteiger partial charge in [0.25, 0.3) is 0 Å². The first-order valence-corrected chi connectivity index (χ1v) is 6.68. The van der Waals surface area contributed by atoms with E-state index in [-0.39, 0.29) is 16.9 Å². The molecule has 24 heavy (non-hydrogen) atoms. The lowest BCUT2D eigenvalue weighted by Crippen LogP contribution is -2.14. The van der Waals surface area contributed by atoms with Crippen molar-refractivity contribution in [2.45, 2.75) is 0 Å². The number of aromatic hydroxyl groups is 1. The van der Waals surface area contributed by atoms with Gasteiger partial charge in [0.15, 0.2) is 5.75 Å². The number of ether oxygens (including phenoxy) is 2. The van der Waals surface area contributed by atoms with Gasteiger partial charge >= 0.3 is 11.7 Å². The van der Waals surface area contributed by atoms with E-state index in [1.807, 2.05) is 0 Å². The van der Waals surface area contributed by atoms with Crippen molar-refractivity contribution in [3.05, 3.63) is 63.2 Å². The standard InChI is InChI=1S/C16H13NO7/c1-23-11-8-10(16(20)24-2)12(13(15(11)19)17(21)22)14(18)9-6-4-3-5-7-9/h3-8,19H,1-2H3. The zero-order chi connectivity index (χ0) is 17.9. The second kappa shape index (κ2) is 6.78. The van der Waals surface area contributed by atoms with Crippen molar-refractivity contribution in [1.82, 2.24) is 0 Å². The first-order chi connectivity index (χ1) is 11.4. The van der Waals surface area contributed by atoms with E-state index >= 15 is 0 Å². The van der Waals surface area contributed by atoms with Crippen LogP contribution in [0.5, 0.6) is 11.5 Å². The van der Waals surface area contributed by atoms with Crippen molar-refractivity contribution in [2.24, 2.45) is 0 Å². The molecule has 0 aliphatic carbocycles. The fraction of sp³-hybridized carbons (Fsp3) is 0.125. The smallest absolute Gasteiger partial charge is 0.339 e. The van der Waals surface area contributed by atoms with Gasteiger partial charge in [-0.1, -0.05) is 30.3 Å². The summed E-state index contributed by atoms with van der Waals surface area (Å²) >= 11 is 0. The van der Waals surface area contributed by atoms with Crippen LogP contribution in [0.25, 0.3) is 0 Å². The number of nitro benzene ring substituents is 1. The van der Waals surface area contributed by atoms with Gasteiger partial charge in [0, 0.05) is 5.56 Å². The molecule has 0 aliphatic heterocycles. The summed E-state index contributed by atoms with van der Waals surface area (Å²) in [4.78, 5) is 35.1. The number of carbonyl (C=O) groups is 2. The Morgan fingerprint density at radius 1 is 1.17 bits per heavy atom. The molecule has 0 saturated carbocycles. The topological polar surface area (TPSA) is 116 Å². The highest BCUT2D eigenvalue weighted by Gasteiger charge is 2.34. The number of hydrogen-bond donors (Lipinski definition) is 1. The number of phenolic OH excluding ortho intramolecular Hbond substituents is 1. The Kier molecular flexibility index (Phi) is 4.78. The molecule has 0 heterocycles. The van der Waals surface area contributed by atoms with Crippen LogP contribution >= 0.6 is 0 Å². The fourth-order valence-electron chi connectivity index (χ4n) is 2.20. The number of esters is 1. The SMILES string of the molecule is COC(=O)c1cc(OC)c(O)c([N+](=O)[O-])c1C(=O)c1ccccc1. The second-order valence-corrected chi connectivity index (χ2v) is 4.64. The normalized spacial score (nSPS) is 10.1. The van der Waals surface area contributed by atoms with Gasteiger partial charge in [-0.15, -0.1) is 0 Å². The van der Waals surface area contributed by atoms with E-state index in [0.717, 1.165) is 13.2 Å². The first-order valence-electron chi connectivity index (χ1n) is 6.68. The number of benzene rings is 2. The summed E-state index contributed by atoms with van der Waals surface area (Å²) < 4.78 is 9.42. The highest BCUT2D eigenvalue weighted by atomic mass is 16.6. The third kappa shape index (κ3) is 2.89. The number of carbonyl (C=O) groups excluding carboxylic acids is 2. The summed E-state index contributed by atoms with van der Waals surface area (Å²) in [5, 5.41) is 21.4. The molecule has 0 aromatic heterocycles. The number of ketones is 1. The van der Waals surface area contributed by atoms with Crippen molar-refractivity contribution in [2.75, 3.05) is 14.2 Å². The zero-order valence-electron chi connectivity index (χ0n) is 12.8. The summed E-state index contributed by atoms with van der Waals surface area (Å²) in [6.07, 6.45) is 0. The molecular weight excluding hydrogens is 318 g/mol. The molecule has 0 radical (unpaired) electrons. The van der Waals surface area contributed by atoms with Gasteiger partial charge in [-0.3, -0.25) is 14.9 Å². The first kappa shape index (κ1) is 16.9. The van der Waals surface area contributed by atoms with Crippen LogP contribution in [0.4, 0.5) is 5.69 Å². The molecule has 0 spiro atoms. The van der Waals surface area contributed by atoms with Crippen molar-refractivity contribution < 1.29 is 29.1 Å². The molecule has 2 aromatic rings. The fourth-order valence-corrected chi connectivity index (χ4v) is 2.20. The van der Waals surface area contributed by atoms with Crippen LogP contribution < -0.4 is 4.74 Å². The van der Waals surface area contributed by atoms with Crippen LogP contribution in [-0.4, -0.2) is 36.0 Å². The van der Waals surface area contributed by atoms with Crippen LogP contribution in [0.3, 0.4) is 0 Å². The number of methoxy groups -OCH3 is 2. The van der Waals surface area contributed by atoms with E-state index in [9.17, 15) is 24.8 Å². The maximum absolute atomic E-state index is 12.7. The Morgan fingerprint density at radius 3 is 2.29 bits per heavy atom. The number of phenols is 1. The highest BCUT2D eigenvalue weighted by molar-refractivity contribution is 6.17. The largest absolute Gasteiger partial charge is 0.499 e. The van der Waals surface area contributed by atoms with Crippen LogP contribution in [0.1, 0.15) is 26.3 Å². The van der Waals surface area contributed by atoms with Crippen LogP contribution in [0.2, 0.25) is 0 Å². The molecule has 0 fully saturated rings. The summed E-state index contributed by atoms with van der Waals surface area (Å²) in [7, 11) is 2.24. The predicted octanol–water partition coefficient (Wildman–Crippen LogP) is 2.33. The van der Waals surface area contributed by atoms with Gasteiger partial charge in [0.1, 0.15) is 5.56 Å². The lowest BCUT2D eigenvalue weighted by molar-refractivity contribution is -0.386. The van der Waals surface area contributed by atoms with E-state index in [1.54, 1.807) is 18.2 Å². The Balaban J connectivity index is 2.85. The Bertz CT molecular complexity index is 815. The molecule has 1 N–H and O–H groups in total. The average molecular weight is 331 g/mol. The third-order valence-electron chi connectivity index (χ3n) is 3.31. The molecule has 2 aromatic carbocycles. The Morgan fingerprint density at radius 2 is 1.79 bits per heavy atom. The van der Waals surface area contributed by atoms with E-state index in [2.05, 4.69) is 4.74 Å². The minimum absolute atomic E-state index is 0.121. The van der Waals surface area contributed by atoms with Crippen molar-refractivity contribution >= 4 is 17.4 Å². The van der Waals surface area contributed by atoms with E-state index in [4.69, 9.17) is 4.74 Å². The molecule has 0 aliphatic rings. The number of hydrogen-bond acceptors (Lipinski definition) is 7. The van der Waals surface area contributed by atoms with Crippen LogP contribution in [0, 0.1) is 10.1 Å².